The van der Waals surface area contributed by atoms with E-state index in [0.29, 0.717) is 6.07 Å². The molecule has 3 aromatic rings. The van der Waals surface area contributed by atoms with Gasteiger partial charge in [-0.1, -0.05) is 11.6 Å². The van der Waals surface area contributed by atoms with Gasteiger partial charge in [-0.3, -0.25) is 0 Å². The van der Waals surface area contributed by atoms with Crippen molar-refractivity contribution in [2.45, 2.75) is 0 Å². The van der Waals surface area contributed by atoms with Gasteiger partial charge in [0.1, 0.15) is 5.58 Å². The zero-order valence-electron chi connectivity index (χ0n) is 12.0. The van der Waals surface area contributed by atoms with Gasteiger partial charge in [0, 0.05) is 27.6 Å². The smallest absolute Gasteiger partial charge is 0.372 e. The molecule has 0 unspecified atom stereocenters. The first-order valence-electron chi connectivity index (χ1n) is 6.52. The Balaban J connectivity index is 2.44. The fraction of sp³-hybridized carbons (Fsp3) is 0.0625. The third-order valence-corrected chi connectivity index (χ3v) is 3.67. The Morgan fingerprint density at radius 3 is 2.54 bits per heavy atom. The molecule has 1 N–H and O–H groups in total. The van der Waals surface area contributed by atoms with Crippen LogP contribution >= 0.6 is 11.6 Å². The Morgan fingerprint density at radius 1 is 1.21 bits per heavy atom. The molecular formula is C16H8ClF3O4. The van der Waals surface area contributed by atoms with E-state index in [-0.39, 0.29) is 21.6 Å². The van der Waals surface area contributed by atoms with Crippen LogP contribution in [-0.2, 0) is 0 Å². The third kappa shape index (κ3) is 2.37. The van der Waals surface area contributed by atoms with Gasteiger partial charge in [-0.15, -0.1) is 0 Å². The molecule has 3 rings (SSSR count). The van der Waals surface area contributed by atoms with E-state index >= 15 is 0 Å². The maximum Gasteiger partial charge on any atom is 0.372 e. The predicted molar refractivity (Wildman–Crippen MR) is 80.0 cm³/mol. The Morgan fingerprint density at radius 2 is 1.92 bits per heavy atom. The van der Waals surface area contributed by atoms with Crippen molar-refractivity contribution in [2.24, 2.45) is 0 Å². The summed E-state index contributed by atoms with van der Waals surface area (Å²) >= 11 is 5.82. The number of carboxylic acid groups (broad SMARTS) is 1. The van der Waals surface area contributed by atoms with Crippen LogP contribution in [0.2, 0.25) is 5.02 Å². The van der Waals surface area contributed by atoms with Gasteiger partial charge in [0.15, 0.2) is 17.4 Å². The molecule has 24 heavy (non-hydrogen) atoms. The lowest BCUT2D eigenvalue weighted by Gasteiger charge is -2.09. The highest BCUT2D eigenvalue weighted by Gasteiger charge is 2.28. The molecular weight excluding hydrogens is 349 g/mol. The van der Waals surface area contributed by atoms with E-state index < -0.39 is 40.5 Å². The predicted octanol–water partition coefficient (Wildman–Crippen LogP) is 4.88. The summed E-state index contributed by atoms with van der Waals surface area (Å²) in [5, 5.41) is 9.74. The SMILES string of the molecule is COc1c(F)c(F)cc(-c2c(C(=O)O)oc3cc(Cl)ccc23)c1F. The van der Waals surface area contributed by atoms with Gasteiger partial charge in [-0.2, -0.15) is 4.39 Å². The number of aromatic carboxylic acids is 1. The minimum atomic E-state index is -1.51. The summed E-state index contributed by atoms with van der Waals surface area (Å²) in [4.78, 5) is 11.4. The minimum Gasteiger partial charge on any atom is -0.491 e. The van der Waals surface area contributed by atoms with E-state index in [1.807, 2.05) is 0 Å². The highest BCUT2D eigenvalue weighted by Crippen LogP contribution is 2.40. The van der Waals surface area contributed by atoms with E-state index in [9.17, 15) is 23.1 Å². The lowest BCUT2D eigenvalue weighted by molar-refractivity contribution is 0.0666. The summed E-state index contributed by atoms with van der Waals surface area (Å²) in [6, 6.07) is 4.72. The van der Waals surface area contributed by atoms with Gasteiger partial charge in [-0.05, 0) is 18.2 Å². The molecule has 0 fully saturated rings. The van der Waals surface area contributed by atoms with Crippen molar-refractivity contribution in [3.63, 3.8) is 0 Å². The molecule has 4 nitrogen and oxygen atoms in total. The number of ether oxygens (including phenoxy) is 1. The number of rotatable bonds is 3. The summed E-state index contributed by atoms with van der Waals surface area (Å²) < 4.78 is 51.6. The van der Waals surface area contributed by atoms with Gasteiger partial charge in [0.25, 0.3) is 0 Å². The van der Waals surface area contributed by atoms with Gasteiger partial charge in [0.2, 0.25) is 11.6 Å². The largest absolute Gasteiger partial charge is 0.491 e. The monoisotopic (exact) mass is 356 g/mol. The molecule has 8 heteroatoms. The molecule has 0 saturated carbocycles. The van der Waals surface area contributed by atoms with Crippen molar-refractivity contribution in [1.29, 1.82) is 0 Å². The van der Waals surface area contributed by atoms with Gasteiger partial charge in [-0.25, -0.2) is 13.6 Å². The summed E-state index contributed by atoms with van der Waals surface area (Å²) in [5.41, 5.74) is -0.661. The topological polar surface area (TPSA) is 59.7 Å². The Bertz CT molecular complexity index is 981. The average molecular weight is 357 g/mol. The molecule has 0 amide bonds. The molecule has 0 aliphatic heterocycles. The molecule has 0 saturated heterocycles. The lowest BCUT2D eigenvalue weighted by Crippen LogP contribution is -2.02. The standard InChI is InChI=1S/C16H8ClF3O4/c1-23-15-12(19)8(5-9(18)13(15)20)11-7-3-2-6(17)4-10(7)24-14(11)16(21)22/h2-5H,1H3,(H,21,22). The Kier molecular flexibility index (Phi) is 3.88. The maximum atomic E-state index is 14.5. The second-order valence-electron chi connectivity index (χ2n) is 4.82. The Labute approximate surface area is 138 Å². The van der Waals surface area contributed by atoms with Crippen LogP contribution in [0.3, 0.4) is 0 Å². The second kappa shape index (κ2) is 5.76. The highest BCUT2D eigenvalue weighted by molar-refractivity contribution is 6.31. The van der Waals surface area contributed by atoms with Crippen molar-refractivity contribution in [2.75, 3.05) is 7.11 Å². The number of benzene rings is 2. The molecule has 0 aliphatic carbocycles. The summed E-state index contributed by atoms with van der Waals surface area (Å²) in [7, 11) is 0.968. The molecule has 0 spiro atoms. The van der Waals surface area contributed by atoms with E-state index in [2.05, 4.69) is 4.74 Å². The van der Waals surface area contributed by atoms with E-state index in [1.54, 1.807) is 0 Å². The molecule has 1 aromatic heterocycles. The molecule has 0 bridgehead atoms. The molecule has 1 heterocycles. The maximum absolute atomic E-state index is 14.5. The normalized spacial score (nSPS) is 11.0. The van der Waals surface area contributed by atoms with Crippen LogP contribution in [0.5, 0.6) is 5.75 Å². The number of carboxylic acids is 1. The molecule has 0 atom stereocenters. The average Bonchev–Trinajstić information content (AvgIpc) is 2.90. The summed E-state index contributed by atoms with van der Waals surface area (Å²) in [6.07, 6.45) is 0. The van der Waals surface area contributed by atoms with Crippen molar-refractivity contribution in [1.82, 2.24) is 0 Å². The number of hydrogen-bond acceptors (Lipinski definition) is 3. The van der Waals surface area contributed by atoms with Crippen LogP contribution in [0.25, 0.3) is 22.1 Å². The third-order valence-electron chi connectivity index (χ3n) is 3.44. The fourth-order valence-electron chi connectivity index (χ4n) is 2.43. The van der Waals surface area contributed by atoms with Crippen LogP contribution in [0.4, 0.5) is 13.2 Å². The summed E-state index contributed by atoms with van der Waals surface area (Å²) in [6.45, 7) is 0. The van der Waals surface area contributed by atoms with Crippen molar-refractivity contribution in [3.05, 3.63) is 52.5 Å². The van der Waals surface area contributed by atoms with Crippen LogP contribution in [0.1, 0.15) is 10.6 Å². The molecule has 0 radical (unpaired) electrons. The van der Waals surface area contributed by atoms with Crippen molar-refractivity contribution in [3.8, 4) is 16.9 Å². The van der Waals surface area contributed by atoms with Crippen molar-refractivity contribution < 1.29 is 32.2 Å². The molecule has 2 aromatic carbocycles. The first-order chi connectivity index (χ1) is 11.3. The zero-order chi connectivity index (χ0) is 17.6. The molecule has 124 valence electrons. The summed E-state index contributed by atoms with van der Waals surface area (Å²) in [5.74, 6) is -7.21. The highest BCUT2D eigenvalue weighted by atomic mass is 35.5. The van der Waals surface area contributed by atoms with Crippen LogP contribution < -0.4 is 4.74 Å². The van der Waals surface area contributed by atoms with Gasteiger partial charge in [0.05, 0.1) is 7.11 Å². The van der Waals surface area contributed by atoms with Crippen LogP contribution in [0, 0.1) is 17.5 Å². The van der Waals surface area contributed by atoms with Crippen LogP contribution in [0.15, 0.2) is 28.7 Å². The van der Waals surface area contributed by atoms with Gasteiger partial charge < -0.3 is 14.3 Å². The minimum absolute atomic E-state index is 0.0676. The first kappa shape index (κ1) is 16.2. The van der Waals surface area contributed by atoms with E-state index in [0.717, 1.165) is 7.11 Å². The number of furan rings is 1. The zero-order valence-corrected chi connectivity index (χ0v) is 12.7. The van der Waals surface area contributed by atoms with Crippen molar-refractivity contribution >= 4 is 28.5 Å². The number of fused-ring (bicyclic) bond motifs is 1. The van der Waals surface area contributed by atoms with E-state index in [1.165, 1.54) is 18.2 Å². The quantitative estimate of drug-likeness (QED) is 0.680. The van der Waals surface area contributed by atoms with Gasteiger partial charge >= 0.3 is 5.97 Å². The lowest BCUT2D eigenvalue weighted by atomic mass is 10.0. The Hall–Kier alpha value is -2.67. The van der Waals surface area contributed by atoms with Crippen LogP contribution in [-0.4, -0.2) is 18.2 Å². The first-order valence-corrected chi connectivity index (χ1v) is 6.90. The number of hydrogen-bond donors (Lipinski definition) is 1. The molecule has 0 aliphatic rings. The fourth-order valence-corrected chi connectivity index (χ4v) is 2.59. The number of carbonyl (C=O) groups is 1. The second-order valence-corrected chi connectivity index (χ2v) is 5.26. The number of methoxy groups -OCH3 is 1. The van der Waals surface area contributed by atoms with E-state index in [4.69, 9.17) is 16.0 Å². The number of halogens is 4.